The van der Waals surface area contributed by atoms with Crippen molar-refractivity contribution < 1.29 is 5.11 Å². The van der Waals surface area contributed by atoms with E-state index in [-0.39, 0.29) is 0 Å². The number of hydrogen-bond donors (Lipinski definition) is 1. The highest BCUT2D eigenvalue weighted by Crippen LogP contribution is 2.21. The number of aliphatic hydroxyl groups excluding tert-OH is 1. The van der Waals surface area contributed by atoms with Gasteiger partial charge in [0.25, 0.3) is 0 Å². The van der Waals surface area contributed by atoms with E-state index in [0.29, 0.717) is 5.02 Å². The van der Waals surface area contributed by atoms with Crippen LogP contribution in [-0.2, 0) is 6.54 Å². The summed E-state index contributed by atoms with van der Waals surface area (Å²) in [6.07, 6.45) is 1.29. The Kier molecular flexibility index (Phi) is 6.91. The van der Waals surface area contributed by atoms with Crippen molar-refractivity contribution in [2.75, 3.05) is 13.1 Å². The fourth-order valence-corrected chi connectivity index (χ4v) is 2.78. The summed E-state index contributed by atoms with van der Waals surface area (Å²) in [5.74, 6) is 0. The summed E-state index contributed by atoms with van der Waals surface area (Å²) in [7, 11) is 0. The molecule has 0 fully saturated rings. The average molecular weight is 318 g/mol. The number of benzene rings is 2. The number of hydrogen-bond acceptors (Lipinski definition) is 2. The Hall–Kier alpha value is -1.35. The van der Waals surface area contributed by atoms with Gasteiger partial charge in [-0.15, -0.1) is 0 Å². The quantitative estimate of drug-likeness (QED) is 0.764. The third-order valence-electron chi connectivity index (χ3n) is 3.88. The molecule has 2 aromatic rings. The second kappa shape index (κ2) is 8.94. The predicted molar refractivity (Wildman–Crippen MR) is 93.0 cm³/mol. The van der Waals surface area contributed by atoms with Crippen LogP contribution in [0.2, 0.25) is 5.02 Å². The summed E-state index contributed by atoms with van der Waals surface area (Å²) in [5, 5.41) is 10.9. The first kappa shape index (κ1) is 17.0. The Morgan fingerprint density at radius 3 is 2.55 bits per heavy atom. The molecular weight excluding hydrogens is 294 g/mol. The van der Waals surface area contributed by atoms with Gasteiger partial charge in [-0.05, 0) is 49.2 Å². The normalized spacial score (nSPS) is 12.5. The van der Waals surface area contributed by atoms with Crippen LogP contribution in [0.3, 0.4) is 0 Å². The first-order valence-electron chi connectivity index (χ1n) is 7.89. The minimum absolute atomic E-state index is 0.436. The van der Waals surface area contributed by atoms with Gasteiger partial charge in [-0.1, -0.05) is 61.0 Å². The fraction of sp³-hybridized carbons (Fsp3) is 0.368. The lowest BCUT2D eigenvalue weighted by Crippen LogP contribution is -2.24. The van der Waals surface area contributed by atoms with Crippen molar-refractivity contribution in [1.82, 2.24) is 4.90 Å². The highest BCUT2D eigenvalue weighted by Gasteiger charge is 2.09. The van der Waals surface area contributed by atoms with Crippen molar-refractivity contribution in [2.24, 2.45) is 0 Å². The molecular formula is C19H24ClNO. The van der Waals surface area contributed by atoms with E-state index >= 15 is 0 Å². The van der Waals surface area contributed by atoms with E-state index in [0.717, 1.165) is 38.0 Å². The second-order valence-electron chi connectivity index (χ2n) is 5.57. The van der Waals surface area contributed by atoms with Gasteiger partial charge in [0.05, 0.1) is 6.10 Å². The smallest absolute Gasteiger partial charge is 0.0791 e. The van der Waals surface area contributed by atoms with Crippen molar-refractivity contribution in [3.63, 3.8) is 0 Å². The largest absolute Gasteiger partial charge is 0.388 e. The lowest BCUT2D eigenvalue weighted by atomic mass is 10.0. The molecule has 0 amide bonds. The van der Waals surface area contributed by atoms with Crippen molar-refractivity contribution in [3.05, 3.63) is 70.7 Å². The van der Waals surface area contributed by atoms with Crippen LogP contribution in [0.15, 0.2) is 54.6 Å². The van der Waals surface area contributed by atoms with Crippen LogP contribution in [0.5, 0.6) is 0 Å². The third kappa shape index (κ3) is 5.45. The summed E-state index contributed by atoms with van der Waals surface area (Å²) >= 11 is 5.97. The third-order valence-corrected chi connectivity index (χ3v) is 4.12. The SMILES string of the molecule is CCN(CCCC(O)c1cccc(Cl)c1)Cc1ccccc1. The monoisotopic (exact) mass is 317 g/mol. The van der Waals surface area contributed by atoms with Crippen LogP contribution in [-0.4, -0.2) is 23.1 Å². The maximum Gasteiger partial charge on any atom is 0.0791 e. The predicted octanol–water partition coefficient (Wildman–Crippen LogP) is 4.68. The molecule has 0 aliphatic heterocycles. The standard InChI is InChI=1S/C19H24ClNO/c1-2-21(15-16-8-4-3-5-9-16)13-7-12-19(22)17-10-6-11-18(20)14-17/h3-6,8-11,14,19,22H,2,7,12-13,15H2,1H3. The molecule has 0 spiro atoms. The molecule has 0 bridgehead atoms. The maximum atomic E-state index is 10.2. The number of halogens is 1. The Labute approximate surface area is 138 Å². The summed E-state index contributed by atoms with van der Waals surface area (Å²) in [6.45, 7) is 5.14. The van der Waals surface area contributed by atoms with E-state index in [4.69, 9.17) is 11.6 Å². The second-order valence-corrected chi connectivity index (χ2v) is 6.00. The molecule has 2 rings (SSSR count). The van der Waals surface area contributed by atoms with Gasteiger partial charge in [0.1, 0.15) is 0 Å². The molecule has 0 aliphatic carbocycles. The highest BCUT2D eigenvalue weighted by atomic mass is 35.5. The molecule has 0 aromatic heterocycles. The molecule has 118 valence electrons. The molecule has 2 nitrogen and oxygen atoms in total. The first-order valence-corrected chi connectivity index (χ1v) is 8.26. The number of rotatable bonds is 8. The van der Waals surface area contributed by atoms with E-state index < -0.39 is 6.10 Å². The summed E-state index contributed by atoms with van der Waals surface area (Å²) < 4.78 is 0. The van der Waals surface area contributed by atoms with Crippen molar-refractivity contribution >= 4 is 11.6 Å². The molecule has 0 aliphatic rings. The van der Waals surface area contributed by atoms with E-state index in [9.17, 15) is 5.11 Å². The van der Waals surface area contributed by atoms with E-state index in [2.05, 4.69) is 36.1 Å². The van der Waals surface area contributed by atoms with Crippen LogP contribution in [0.25, 0.3) is 0 Å². The molecule has 0 radical (unpaired) electrons. The molecule has 3 heteroatoms. The van der Waals surface area contributed by atoms with Crippen LogP contribution in [0.1, 0.15) is 37.0 Å². The van der Waals surface area contributed by atoms with Crippen LogP contribution >= 0.6 is 11.6 Å². The van der Waals surface area contributed by atoms with Crippen LogP contribution < -0.4 is 0 Å². The zero-order valence-electron chi connectivity index (χ0n) is 13.1. The minimum atomic E-state index is -0.436. The zero-order valence-corrected chi connectivity index (χ0v) is 13.8. The van der Waals surface area contributed by atoms with Gasteiger partial charge in [-0.3, -0.25) is 4.90 Å². The van der Waals surface area contributed by atoms with E-state index in [1.807, 2.05) is 30.3 Å². The van der Waals surface area contributed by atoms with Crippen LogP contribution in [0, 0.1) is 0 Å². The summed E-state index contributed by atoms with van der Waals surface area (Å²) in [4.78, 5) is 2.40. The van der Waals surface area contributed by atoms with E-state index in [1.165, 1.54) is 5.56 Å². The summed E-state index contributed by atoms with van der Waals surface area (Å²) in [6, 6.07) is 18.0. The van der Waals surface area contributed by atoms with Gasteiger partial charge in [0, 0.05) is 11.6 Å². The number of nitrogens with zero attached hydrogens (tertiary/aromatic N) is 1. The Morgan fingerprint density at radius 1 is 1.09 bits per heavy atom. The number of aliphatic hydroxyl groups is 1. The van der Waals surface area contributed by atoms with E-state index in [1.54, 1.807) is 0 Å². The van der Waals surface area contributed by atoms with Gasteiger partial charge in [0.2, 0.25) is 0 Å². The molecule has 0 saturated carbocycles. The molecule has 1 unspecified atom stereocenters. The van der Waals surface area contributed by atoms with Crippen molar-refractivity contribution in [1.29, 1.82) is 0 Å². The molecule has 1 atom stereocenters. The molecule has 1 N–H and O–H groups in total. The average Bonchev–Trinajstić information content (AvgIpc) is 2.54. The molecule has 2 aromatic carbocycles. The fourth-order valence-electron chi connectivity index (χ4n) is 2.58. The Morgan fingerprint density at radius 2 is 1.86 bits per heavy atom. The highest BCUT2D eigenvalue weighted by molar-refractivity contribution is 6.30. The lowest BCUT2D eigenvalue weighted by molar-refractivity contribution is 0.155. The topological polar surface area (TPSA) is 23.5 Å². The van der Waals surface area contributed by atoms with Gasteiger partial charge >= 0.3 is 0 Å². The van der Waals surface area contributed by atoms with Gasteiger partial charge < -0.3 is 5.11 Å². The van der Waals surface area contributed by atoms with Crippen LogP contribution in [0.4, 0.5) is 0 Å². The molecule has 0 saturated heterocycles. The first-order chi connectivity index (χ1) is 10.7. The molecule has 22 heavy (non-hydrogen) atoms. The summed E-state index contributed by atoms with van der Waals surface area (Å²) in [5.41, 5.74) is 2.23. The maximum absolute atomic E-state index is 10.2. The van der Waals surface area contributed by atoms with Gasteiger partial charge in [0.15, 0.2) is 0 Å². The van der Waals surface area contributed by atoms with Crippen molar-refractivity contribution in [3.8, 4) is 0 Å². The Bertz CT molecular complexity index is 558. The van der Waals surface area contributed by atoms with Gasteiger partial charge in [-0.25, -0.2) is 0 Å². The van der Waals surface area contributed by atoms with Gasteiger partial charge in [-0.2, -0.15) is 0 Å². The lowest BCUT2D eigenvalue weighted by Gasteiger charge is -2.21. The zero-order chi connectivity index (χ0) is 15.8. The van der Waals surface area contributed by atoms with Crippen molar-refractivity contribution in [2.45, 2.75) is 32.4 Å². The Balaban J connectivity index is 1.78. The minimum Gasteiger partial charge on any atom is -0.388 e. The molecule has 0 heterocycles.